The monoisotopic (exact) mass is 576 g/mol. The molecule has 9 heteroatoms. The van der Waals surface area contributed by atoms with E-state index in [9.17, 15) is 4.79 Å². The minimum absolute atomic E-state index is 0.221. The lowest BCUT2D eigenvalue weighted by molar-refractivity contribution is 0.210. The first-order chi connectivity index (χ1) is 20.9. The summed E-state index contributed by atoms with van der Waals surface area (Å²) < 4.78 is 21.1. The number of aryl methyl sites for hydroxylation is 2. The van der Waals surface area contributed by atoms with Gasteiger partial charge in [-0.25, -0.2) is 19.1 Å². The molecule has 1 amide bonds. The number of rotatable bonds is 6. The number of hydrogen-bond donors (Lipinski definition) is 1. The van der Waals surface area contributed by atoms with Gasteiger partial charge in [-0.05, 0) is 73.1 Å². The van der Waals surface area contributed by atoms with Gasteiger partial charge in [0, 0.05) is 44.1 Å². The van der Waals surface area contributed by atoms with Gasteiger partial charge in [0.1, 0.15) is 17.4 Å². The van der Waals surface area contributed by atoms with Gasteiger partial charge in [-0.2, -0.15) is 4.98 Å². The number of piperazine rings is 1. The normalized spacial score (nSPS) is 13.6. The lowest BCUT2D eigenvalue weighted by Gasteiger charge is -2.34. The zero-order chi connectivity index (χ0) is 29.9. The van der Waals surface area contributed by atoms with E-state index in [0.717, 1.165) is 48.1 Å². The van der Waals surface area contributed by atoms with Crippen LogP contribution in [0.2, 0.25) is 0 Å². The number of hydrogen-bond acceptors (Lipinski definition) is 7. The summed E-state index contributed by atoms with van der Waals surface area (Å²) >= 11 is 0. The van der Waals surface area contributed by atoms with Crippen LogP contribution in [0.1, 0.15) is 11.1 Å². The molecule has 1 saturated heterocycles. The van der Waals surface area contributed by atoms with Crippen molar-refractivity contribution in [2.45, 2.75) is 13.8 Å². The molecule has 1 aliphatic rings. The molecular weight excluding hydrogens is 543 g/mol. The minimum Gasteiger partial charge on any atom is -0.410 e. The highest BCUT2D eigenvalue weighted by Crippen LogP contribution is 2.33. The lowest BCUT2D eigenvalue weighted by atomic mass is 10.1. The van der Waals surface area contributed by atoms with Gasteiger partial charge in [0.05, 0.1) is 11.4 Å². The first-order valence-electron chi connectivity index (χ1n) is 14.3. The first kappa shape index (κ1) is 28.1. The molecule has 0 atom stereocenters. The number of amides is 1. The Morgan fingerprint density at radius 3 is 2.37 bits per heavy atom. The number of benzene rings is 4. The zero-order valence-electron chi connectivity index (χ0n) is 24.4. The molecule has 5 aromatic rings. The maximum absolute atomic E-state index is 15.2. The van der Waals surface area contributed by atoms with Crippen molar-refractivity contribution >= 4 is 45.7 Å². The number of anilines is 5. The average Bonchev–Trinajstić information content (AvgIpc) is 3.00. The summed E-state index contributed by atoms with van der Waals surface area (Å²) in [7, 11) is 2.07. The molecule has 0 aliphatic carbocycles. The van der Waals surface area contributed by atoms with E-state index in [4.69, 9.17) is 4.74 Å². The molecule has 0 radical (unpaired) electrons. The molecule has 2 heterocycles. The van der Waals surface area contributed by atoms with Gasteiger partial charge in [-0.1, -0.05) is 48.5 Å². The quantitative estimate of drug-likeness (QED) is 0.229. The zero-order valence-corrected chi connectivity index (χ0v) is 24.4. The number of nitrogens with one attached hydrogen (secondary N) is 1. The molecule has 0 unspecified atom stereocenters. The van der Waals surface area contributed by atoms with Crippen LogP contribution in [0.15, 0.2) is 91.1 Å². The molecule has 1 aromatic heterocycles. The van der Waals surface area contributed by atoms with Crippen molar-refractivity contribution in [2.24, 2.45) is 0 Å². The Kier molecular flexibility index (Phi) is 7.89. The molecule has 0 saturated carbocycles. The van der Waals surface area contributed by atoms with Crippen LogP contribution in [0.4, 0.5) is 38.0 Å². The Balaban J connectivity index is 1.29. The number of para-hydroxylation sites is 1. The third kappa shape index (κ3) is 6.12. The second kappa shape index (κ2) is 12.1. The molecule has 218 valence electrons. The SMILES string of the molecule is Cc1cccc(C)c1N(C(=O)Oc1ccc2ccccc2c1)c1ccnc(Nc2ccc(N3CCN(C)CC3)c(F)c2)n1. The third-order valence-corrected chi connectivity index (χ3v) is 7.69. The van der Waals surface area contributed by atoms with Gasteiger partial charge in [-0.3, -0.25) is 0 Å². The fourth-order valence-corrected chi connectivity index (χ4v) is 5.39. The van der Waals surface area contributed by atoms with Crippen molar-refractivity contribution in [2.75, 3.05) is 48.3 Å². The molecule has 43 heavy (non-hydrogen) atoms. The molecule has 0 bridgehead atoms. The maximum atomic E-state index is 15.2. The van der Waals surface area contributed by atoms with Crippen LogP contribution in [0.3, 0.4) is 0 Å². The van der Waals surface area contributed by atoms with E-state index in [1.165, 1.54) is 11.0 Å². The smallest absolute Gasteiger partial charge is 0.410 e. The van der Waals surface area contributed by atoms with Crippen LogP contribution in [0.25, 0.3) is 10.8 Å². The molecule has 1 aliphatic heterocycles. The van der Waals surface area contributed by atoms with Crippen LogP contribution in [0.5, 0.6) is 5.75 Å². The summed E-state index contributed by atoms with van der Waals surface area (Å²) in [6.07, 6.45) is 0.948. The Morgan fingerprint density at radius 1 is 0.884 bits per heavy atom. The van der Waals surface area contributed by atoms with Gasteiger partial charge in [0.25, 0.3) is 0 Å². The maximum Gasteiger partial charge on any atom is 0.425 e. The van der Waals surface area contributed by atoms with Crippen molar-refractivity contribution in [1.82, 2.24) is 14.9 Å². The van der Waals surface area contributed by atoms with Crippen molar-refractivity contribution < 1.29 is 13.9 Å². The number of likely N-dealkylation sites (N-methyl/N-ethyl adjacent to an activating group) is 1. The number of ether oxygens (including phenoxy) is 1. The molecule has 4 aromatic carbocycles. The second-order valence-electron chi connectivity index (χ2n) is 10.8. The van der Waals surface area contributed by atoms with E-state index >= 15 is 4.39 Å². The molecule has 0 spiro atoms. The topological polar surface area (TPSA) is 73.8 Å². The van der Waals surface area contributed by atoms with Crippen LogP contribution in [0, 0.1) is 19.7 Å². The van der Waals surface area contributed by atoms with Crippen molar-refractivity contribution in [3.8, 4) is 5.75 Å². The summed E-state index contributed by atoms with van der Waals surface area (Å²) in [4.78, 5) is 28.6. The van der Waals surface area contributed by atoms with E-state index in [2.05, 4.69) is 32.1 Å². The fourth-order valence-electron chi connectivity index (χ4n) is 5.39. The van der Waals surface area contributed by atoms with Gasteiger partial charge < -0.3 is 19.9 Å². The molecular formula is C34H33FN6O2. The summed E-state index contributed by atoms with van der Waals surface area (Å²) in [5.74, 6) is 0.638. The number of fused-ring (bicyclic) bond motifs is 1. The van der Waals surface area contributed by atoms with Crippen molar-refractivity contribution in [3.63, 3.8) is 0 Å². The highest BCUT2D eigenvalue weighted by molar-refractivity contribution is 5.98. The van der Waals surface area contributed by atoms with Crippen LogP contribution in [-0.2, 0) is 0 Å². The van der Waals surface area contributed by atoms with Crippen LogP contribution < -0.4 is 19.9 Å². The number of carbonyl (C=O) groups is 1. The first-order valence-corrected chi connectivity index (χ1v) is 14.3. The average molecular weight is 577 g/mol. The van der Waals surface area contributed by atoms with Crippen LogP contribution in [-0.4, -0.2) is 54.2 Å². The number of carbonyl (C=O) groups excluding carboxylic acids is 1. The third-order valence-electron chi connectivity index (χ3n) is 7.69. The fraction of sp³-hybridized carbons (Fsp3) is 0.206. The molecule has 1 fully saturated rings. The molecule has 1 N–H and O–H groups in total. The largest absolute Gasteiger partial charge is 0.425 e. The Labute approximate surface area is 250 Å². The van der Waals surface area contributed by atoms with Crippen molar-refractivity contribution in [3.05, 3.63) is 108 Å². The summed E-state index contributed by atoms with van der Waals surface area (Å²) in [6, 6.07) is 25.9. The highest BCUT2D eigenvalue weighted by Gasteiger charge is 2.26. The van der Waals surface area contributed by atoms with E-state index < -0.39 is 6.09 Å². The van der Waals surface area contributed by atoms with E-state index in [1.54, 1.807) is 24.4 Å². The Morgan fingerprint density at radius 2 is 1.63 bits per heavy atom. The molecule has 6 rings (SSSR count). The standard InChI is InChI=1S/C34H33FN6O2/c1-23-7-6-8-24(2)32(23)41(34(42)43-28-13-11-25-9-4-5-10-26(25)21-28)31-15-16-36-33(38-31)37-27-12-14-30(29(35)22-27)40-19-17-39(3)18-20-40/h4-16,21-22H,17-20H2,1-3H3,(H,36,37,38). The van der Waals surface area contributed by atoms with E-state index in [-0.39, 0.29) is 11.8 Å². The van der Waals surface area contributed by atoms with Gasteiger partial charge >= 0.3 is 6.09 Å². The number of halogens is 1. The van der Waals surface area contributed by atoms with Crippen molar-refractivity contribution in [1.29, 1.82) is 0 Å². The minimum atomic E-state index is -0.611. The molecule has 8 nitrogen and oxygen atoms in total. The summed E-state index contributed by atoms with van der Waals surface area (Å²) in [5.41, 5.74) is 3.51. The Hall–Kier alpha value is -5.02. The predicted octanol–water partition coefficient (Wildman–Crippen LogP) is 7.22. The van der Waals surface area contributed by atoms with Crippen LogP contribution >= 0.6 is 0 Å². The predicted molar refractivity (Wildman–Crippen MR) is 169 cm³/mol. The van der Waals surface area contributed by atoms with E-state index in [1.807, 2.05) is 74.5 Å². The summed E-state index contributed by atoms with van der Waals surface area (Å²) in [6.45, 7) is 7.19. The van der Waals surface area contributed by atoms with Gasteiger partial charge in [0.15, 0.2) is 0 Å². The lowest BCUT2D eigenvalue weighted by Crippen LogP contribution is -2.44. The summed E-state index contributed by atoms with van der Waals surface area (Å²) in [5, 5.41) is 5.11. The van der Waals surface area contributed by atoms with E-state index in [0.29, 0.717) is 28.6 Å². The van der Waals surface area contributed by atoms with Gasteiger partial charge in [0.2, 0.25) is 5.95 Å². The number of aromatic nitrogens is 2. The van der Waals surface area contributed by atoms with Gasteiger partial charge in [-0.15, -0.1) is 0 Å². The second-order valence-corrected chi connectivity index (χ2v) is 10.8. The Bertz CT molecular complexity index is 1770. The number of nitrogens with zero attached hydrogens (tertiary/aromatic N) is 5. The highest BCUT2D eigenvalue weighted by atomic mass is 19.1.